The van der Waals surface area contributed by atoms with Crippen LogP contribution in [0.15, 0.2) is 42.0 Å². The fourth-order valence-electron chi connectivity index (χ4n) is 1.95. The number of halogens is 1. The molecule has 0 saturated heterocycles. The van der Waals surface area contributed by atoms with Crippen molar-refractivity contribution in [2.24, 2.45) is 7.05 Å². The molecule has 22 heavy (non-hydrogen) atoms. The highest BCUT2D eigenvalue weighted by molar-refractivity contribution is 7.13. The van der Waals surface area contributed by atoms with Crippen LogP contribution in [0.5, 0.6) is 0 Å². The number of nitrogens with zero attached hydrogens (tertiary/aromatic N) is 3. The molecule has 0 aliphatic heterocycles. The number of aromatic nitrogens is 3. The summed E-state index contributed by atoms with van der Waals surface area (Å²) in [4.78, 5) is 20.4. The van der Waals surface area contributed by atoms with Crippen LogP contribution in [-0.2, 0) is 13.6 Å². The lowest BCUT2D eigenvalue weighted by atomic mass is 10.2. The third kappa shape index (κ3) is 2.89. The van der Waals surface area contributed by atoms with E-state index in [1.807, 2.05) is 11.6 Å². The van der Waals surface area contributed by atoms with Crippen molar-refractivity contribution in [3.63, 3.8) is 0 Å². The Morgan fingerprint density at radius 2 is 2.23 bits per heavy atom. The van der Waals surface area contributed by atoms with Crippen molar-refractivity contribution in [3.8, 4) is 10.6 Å². The number of nitrogens with one attached hydrogen (secondary N) is 1. The first-order valence-electron chi connectivity index (χ1n) is 6.60. The summed E-state index contributed by atoms with van der Waals surface area (Å²) in [6.07, 6.45) is 3.47. The molecule has 1 amide bonds. The van der Waals surface area contributed by atoms with Gasteiger partial charge in [-0.25, -0.2) is 14.4 Å². The third-order valence-electron chi connectivity index (χ3n) is 3.17. The molecular weight excluding hydrogens is 303 g/mol. The molecule has 0 bridgehead atoms. The van der Waals surface area contributed by atoms with Crippen molar-refractivity contribution in [2.75, 3.05) is 0 Å². The van der Waals surface area contributed by atoms with Crippen molar-refractivity contribution in [1.82, 2.24) is 19.9 Å². The zero-order valence-corrected chi connectivity index (χ0v) is 12.6. The smallest absolute Gasteiger partial charge is 0.271 e. The van der Waals surface area contributed by atoms with Crippen LogP contribution in [0.1, 0.15) is 16.3 Å². The Morgan fingerprint density at radius 3 is 2.95 bits per heavy atom. The zero-order valence-electron chi connectivity index (χ0n) is 11.8. The third-order valence-corrected chi connectivity index (χ3v) is 4.04. The minimum absolute atomic E-state index is 0.275. The Bertz CT molecular complexity index is 811. The predicted molar refractivity (Wildman–Crippen MR) is 81.9 cm³/mol. The summed E-state index contributed by atoms with van der Waals surface area (Å²) in [6.45, 7) is 0.314. The SMILES string of the molecule is Cn1ccnc1CNC(=O)c1csc(-c2ccccc2F)n1. The summed E-state index contributed by atoms with van der Waals surface area (Å²) in [5, 5.41) is 4.86. The van der Waals surface area contributed by atoms with Crippen molar-refractivity contribution < 1.29 is 9.18 Å². The first kappa shape index (κ1) is 14.4. The monoisotopic (exact) mass is 316 g/mol. The van der Waals surface area contributed by atoms with E-state index in [1.165, 1.54) is 17.4 Å². The normalized spacial score (nSPS) is 10.6. The standard InChI is InChI=1S/C15H13FN4OS/c1-20-7-6-17-13(20)8-18-14(21)12-9-22-15(19-12)10-4-2-3-5-11(10)16/h2-7,9H,8H2,1H3,(H,18,21). The molecular formula is C15H13FN4OS. The Hall–Kier alpha value is -2.54. The Morgan fingerprint density at radius 1 is 1.41 bits per heavy atom. The van der Waals surface area contributed by atoms with Gasteiger partial charge in [-0.15, -0.1) is 11.3 Å². The first-order chi connectivity index (χ1) is 10.6. The van der Waals surface area contributed by atoms with Crippen LogP contribution in [0.4, 0.5) is 4.39 Å². The van der Waals surface area contributed by atoms with E-state index >= 15 is 0 Å². The molecule has 112 valence electrons. The number of carbonyl (C=O) groups excluding carboxylic acids is 1. The van der Waals surface area contributed by atoms with Crippen LogP contribution in [-0.4, -0.2) is 20.4 Å². The van der Waals surface area contributed by atoms with E-state index in [0.29, 0.717) is 17.1 Å². The summed E-state index contributed by atoms with van der Waals surface area (Å²) in [5.41, 5.74) is 0.674. The van der Waals surface area contributed by atoms with Gasteiger partial charge < -0.3 is 9.88 Å². The largest absolute Gasteiger partial charge is 0.343 e. The lowest BCUT2D eigenvalue weighted by Crippen LogP contribution is -2.24. The number of hydrogen-bond acceptors (Lipinski definition) is 4. The van der Waals surface area contributed by atoms with Crippen molar-refractivity contribution in [3.05, 3.63) is 59.4 Å². The summed E-state index contributed by atoms with van der Waals surface area (Å²) < 4.78 is 15.5. The molecule has 2 heterocycles. The maximum absolute atomic E-state index is 13.7. The van der Waals surface area contributed by atoms with Crippen molar-refractivity contribution in [2.45, 2.75) is 6.54 Å². The van der Waals surface area contributed by atoms with E-state index in [-0.39, 0.29) is 17.4 Å². The minimum atomic E-state index is -0.350. The summed E-state index contributed by atoms with van der Waals surface area (Å²) >= 11 is 1.24. The van der Waals surface area contributed by atoms with Gasteiger partial charge in [0.15, 0.2) is 0 Å². The first-order valence-corrected chi connectivity index (χ1v) is 7.48. The number of hydrogen-bond donors (Lipinski definition) is 1. The fourth-order valence-corrected chi connectivity index (χ4v) is 2.78. The second-order valence-corrected chi connectivity index (χ2v) is 5.51. The summed E-state index contributed by atoms with van der Waals surface area (Å²) in [6, 6.07) is 6.37. The van der Waals surface area contributed by atoms with Gasteiger partial charge in [0, 0.05) is 30.4 Å². The average Bonchev–Trinajstić information content (AvgIpc) is 3.14. The molecule has 0 radical (unpaired) electrons. The number of carbonyl (C=O) groups is 1. The van der Waals surface area contributed by atoms with Crippen LogP contribution in [0.2, 0.25) is 0 Å². The fraction of sp³-hybridized carbons (Fsp3) is 0.133. The van der Waals surface area contributed by atoms with Crippen molar-refractivity contribution in [1.29, 1.82) is 0 Å². The molecule has 0 spiro atoms. The van der Waals surface area contributed by atoms with Crippen LogP contribution in [0.25, 0.3) is 10.6 Å². The van der Waals surface area contributed by atoms with Crippen molar-refractivity contribution >= 4 is 17.2 Å². The molecule has 2 aromatic heterocycles. The average molecular weight is 316 g/mol. The van der Waals surface area contributed by atoms with Gasteiger partial charge in [0.1, 0.15) is 22.3 Å². The van der Waals surface area contributed by atoms with Gasteiger partial charge in [-0.2, -0.15) is 0 Å². The Labute approximate surface area is 130 Å². The van der Waals surface area contributed by atoms with Gasteiger partial charge in [0.25, 0.3) is 5.91 Å². The van der Waals surface area contributed by atoms with E-state index in [1.54, 1.807) is 36.0 Å². The van der Waals surface area contributed by atoms with E-state index < -0.39 is 0 Å². The molecule has 3 rings (SSSR count). The zero-order chi connectivity index (χ0) is 15.5. The molecule has 5 nitrogen and oxygen atoms in total. The Balaban J connectivity index is 1.72. The lowest BCUT2D eigenvalue weighted by molar-refractivity contribution is 0.0945. The molecule has 0 saturated carbocycles. The van der Waals surface area contributed by atoms with Crippen LogP contribution in [0.3, 0.4) is 0 Å². The molecule has 0 aliphatic rings. The quantitative estimate of drug-likeness (QED) is 0.805. The number of amides is 1. The van der Waals surface area contributed by atoms with E-state index in [9.17, 15) is 9.18 Å². The maximum atomic E-state index is 13.7. The molecule has 7 heteroatoms. The lowest BCUT2D eigenvalue weighted by Gasteiger charge is -2.03. The number of benzene rings is 1. The molecule has 1 aromatic carbocycles. The Kier molecular flexibility index (Phi) is 3.97. The van der Waals surface area contributed by atoms with Crippen LogP contribution >= 0.6 is 11.3 Å². The summed E-state index contributed by atoms with van der Waals surface area (Å²) in [5.74, 6) is 0.0940. The molecule has 0 atom stereocenters. The predicted octanol–water partition coefficient (Wildman–Crippen LogP) is 2.61. The molecule has 0 aliphatic carbocycles. The van der Waals surface area contributed by atoms with Gasteiger partial charge in [-0.3, -0.25) is 4.79 Å². The second-order valence-electron chi connectivity index (χ2n) is 4.65. The van der Waals surface area contributed by atoms with Crippen LogP contribution < -0.4 is 5.32 Å². The van der Waals surface area contributed by atoms with Gasteiger partial charge >= 0.3 is 0 Å². The molecule has 1 N–H and O–H groups in total. The van der Waals surface area contributed by atoms with Gasteiger partial charge in [0.2, 0.25) is 0 Å². The number of aryl methyl sites for hydroxylation is 1. The highest BCUT2D eigenvalue weighted by Gasteiger charge is 2.14. The maximum Gasteiger partial charge on any atom is 0.271 e. The van der Waals surface area contributed by atoms with Crippen LogP contribution in [0, 0.1) is 5.82 Å². The molecule has 0 fully saturated rings. The number of imidazole rings is 1. The molecule has 3 aromatic rings. The number of rotatable bonds is 4. The summed E-state index contributed by atoms with van der Waals surface area (Å²) in [7, 11) is 1.85. The van der Waals surface area contributed by atoms with E-state index in [2.05, 4.69) is 15.3 Å². The minimum Gasteiger partial charge on any atom is -0.343 e. The highest BCUT2D eigenvalue weighted by atomic mass is 32.1. The van der Waals surface area contributed by atoms with Gasteiger partial charge in [-0.1, -0.05) is 12.1 Å². The molecule has 0 unspecified atom stereocenters. The van der Waals surface area contributed by atoms with Gasteiger partial charge in [0.05, 0.1) is 6.54 Å². The van der Waals surface area contributed by atoms with E-state index in [4.69, 9.17) is 0 Å². The second kappa shape index (κ2) is 6.07. The topological polar surface area (TPSA) is 59.8 Å². The highest BCUT2D eigenvalue weighted by Crippen LogP contribution is 2.25. The van der Waals surface area contributed by atoms with E-state index in [0.717, 1.165) is 5.82 Å². The number of thiazole rings is 1. The van der Waals surface area contributed by atoms with Gasteiger partial charge in [-0.05, 0) is 12.1 Å².